The van der Waals surface area contributed by atoms with Crippen LogP contribution in [0.2, 0.25) is 0 Å². The summed E-state index contributed by atoms with van der Waals surface area (Å²) in [5, 5.41) is 3.70. The molecule has 0 atom stereocenters. The molecule has 0 amide bonds. The first kappa shape index (κ1) is 23.5. The molecule has 3 aromatic rings. The predicted molar refractivity (Wildman–Crippen MR) is 146 cm³/mol. The van der Waals surface area contributed by atoms with Crippen molar-refractivity contribution in [3.63, 3.8) is 0 Å². The zero-order valence-electron chi connectivity index (χ0n) is 20.4. The van der Waals surface area contributed by atoms with E-state index in [1.54, 1.807) is 7.11 Å². The summed E-state index contributed by atoms with van der Waals surface area (Å²) < 4.78 is 5.73. The van der Waals surface area contributed by atoms with Gasteiger partial charge in [0.2, 0.25) is 0 Å². The van der Waals surface area contributed by atoms with Crippen LogP contribution in [0.5, 0.6) is 5.75 Å². The number of nitrogens with one attached hydrogen (secondary N) is 1. The number of fused-ring (bicyclic) bond motifs is 1. The fourth-order valence-electron chi connectivity index (χ4n) is 4.43. The van der Waals surface area contributed by atoms with E-state index in [2.05, 4.69) is 106 Å². The Hall–Kier alpha value is -2.65. The van der Waals surface area contributed by atoms with Crippen molar-refractivity contribution in [1.82, 2.24) is 0 Å². The smallest absolute Gasteiger partial charge is 0.126 e. The lowest BCUT2D eigenvalue weighted by molar-refractivity contribution is 0.416. The summed E-state index contributed by atoms with van der Waals surface area (Å²) in [5.74, 6) is 3.53. The molecule has 1 heterocycles. The summed E-state index contributed by atoms with van der Waals surface area (Å²) in [6.45, 7) is 8.96. The Labute approximate surface area is 203 Å². The molecule has 4 rings (SSSR count). The van der Waals surface area contributed by atoms with Crippen LogP contribution in [0, 0.1) is 0 Å². The number of thioether (sulfide) groups is 1. The second-order valence-electron chi connectivity index (χ2n) is 9.68. The van der Waals surface area contributed by atoms with Crippen LogP contribution in [0.15, 0.2) is 72.8 Å². The zero-order chi connectivity index (χ0) is 23.4. The lowest BCUT2D eigenvalue weighted by Crippen LogP contribution is -2.32. The molecule has 0 unspecified atom stereocenters. The summed E-state index contributed by atoms with van der Waals surface area (Å²) in [5.41, 5.74) is 8.97. The van der Waals surface area contributed by atoms with Crippen LogP contribution in [0.1, 0.15) is 50.3 Å². The summed E-state index contributed by atoms with van der Waals surface area (Å²) in [7, 11) is 1.76. The number of anilines is 1. The molecular weight excluding hydrogens is 422 g/mol. The van der Waals surface area contributed by atoms with Crippen molar-refractivity contribution in [3.05, 3.63) is 89.5 Å². The predicted octanol–water partition coefficient (Wildman–Crippen LogP) is 8.05. The van der Waals surface area contributed by atoms with Gasteiger partial charge in [-0.2, -0.15) is 11.8 Å². The summed E-state index contributed by atoms with van der Waals surface area (Å²) >= 11 is 2.01. The van der Waals surface area contributed by atoms with Gasteiger partial charge in [0, 0.05) is 22.6 Å². The summed E-state index contributed by atoms with van der Waals surface area (Å²) in [6.07, 6.45) is 3.50. The second kappa shape index (κ2) is 10.1. The fourth-order valence-corrected chi connectivity index (χ4v) is 5.41. The molecule has 3 heteroatoms. The second-order valence-corrected chi connectivity index (χ2v) is 10.8. The standard InChI is InChI=1S/C30H35NOS/c1-21(2)23-12-14-29(32-5)27(17-23)24-11-13-28-26(18-24)25(19-30(3,4)31-28)20-33-16-15-22-9-7-6-8-10-22/h6-14,17-19,21,31H,15-16,20H2,1-5H3. The molecule has 0 aliphatic carbocycles. The van der Waals surface area contributed by atoms with E-state index in [4.69, 9.17) is 4.74 Å². The molecule has 0 radical (unpaired) electrons. The molecule has 2 nitrogen and oxygen atoms in total. The number of ether oxygens (including phenoxy) is 1. The quantitative estimate of drug-likeness (QED) is 0.346. The SMILES string of the molecule is COc1ccc(C(C)C)cc1-c1ccc2c(c1)C(CSCCc1ccccc1)=CC(C)(C)N2. The van der Waals surface area contributed by atoms with Crippen molar-refractivity contribution in [2.45, 2.75) is 45.6 Å². The molecule has 0 saturated carbocycles. The highest BCUT2D eigenvalue weighted by molar-refractivity contribution is 7.99. The van der Waals surface area contributed by atoms with Gasteiger partial charge in [-0.05, 0) is 78.5 Å². The van der Waals surface area contributed by atoms with Gasteiger partial charge in [0.1, 0.15) is 5.75 Å². The van der Waals surface area contributed by atoms with Crippen molar-refractivity contribution in [1.29, 1.82) is 0 Å². The fraction of sp³-hybridized carbons (Fsp3) is 0.333. The highest BCUT2D eigenvalue weighted by atomic mass is 32.2. The van der Waals surface area contributed by atoms with Crippen LogP contribution < -0.4 is 10.1 Å². The lowest BCUT2D eigenvalue weighted by atomic mass is 9.88. The van der Waals surface area contributed by atoms with Gasteiger partial charge in [0.25, 0.3) is 0 Å². The molecule has 0 fully saturated rings. The highest BCUT2D eigenvalue weighted by Gasteiger charge is 2.25. The normalized spacial score (nSPS) is 14.4. The number of benzene rings is 3. The summed E-state index contributed by atoms with van der Waals surface area (Å²) in [6, 6.07) is 24.1. The van der Waals surface area contributed by atoms with Gasteiger partial charge in [-0.15, -0.1) is 0 Å². The molecule has 0 aromatic heterocycles. The number of rotatable bonds is 8. The molecule has 172 valence electrons. The van der Waals surface area contributed by atoms with E-state index in [-0.39, 0.29) is 5.54 Å². The Morgan fingerprint density at radius 2 is 1.73 bits per heavy atom. The van der Waals surface area contributed by atoms with Crippen molar-refractivity contribution in [3.8, 4) is 16.9 Å². The van der Waals surface area contributed by atoms with Gasteiger partial charge in [0.15, 0.2) is 0 Å². The molecule has 1 N–H and O–H groups in total. The number of hydrogen-bond acceptors (Lipinski definition) is 3. The average molecular weight is 458 g/mol. The van der Waals surface area contributed by atoms with E-state index in [9.17, 15) is 0 Å². The van der Waals surface area contributed by atoms with E-state index < -0.39 is 0 Å². The molecular formula is C30H35NOS. The minimum atomic E-state index is -0.0565. The van der Waals surface area contributed by atoms with Crippen LogP contribution in [0.3, 0.4) is 0 Å². The van der Waals surface area contributed by atoms with Gasteiger partial charge in [-0.3, -0.25) is 0 Å². The van der Waals surface area contributed by atoms with Crippen molar-refractivity contribution in [2.24, 2.45) is 0 Å². The third-order valence-corrected chi connectivity index (χ3v) is 7.20. The molecule has 3 aromatic carbocycles. The maximum atomic E-state index is 5.73. The molecule has 0 saturated heterocycles. The minimum absolute atomic E-state index is 0.0565. The lowest BCUT2D eigenvalue weighted by Gasteiger charge is -2.32. The first-order valence-electron chi connectivity index (χ1n) is 11.8. The van der Waals surface area contributed by atoms with E-state index in [1.165, 1.54) is 33.5 Å². The largest absolute Gasteiger partial charge is 0.496 e. The van der Waals surface area contributed by atoms with E-state index in [1.807, 2.05) is 11.8 Å². The van der Waals surface area contributed by atoms with Gasteiger partial charge < -0.3 is 10.1 Å². The Kier molecular flexibility index (Phi) is 7.19. The number of methoxy groups -OCH3 is 1. The third kappa shape index (κ3) is 5.65. The van der Waals surface area contributed by atoms with Crippen molar-refractivity contribution in [2.75, 3.05) is 23.9 Å². The first-order chi connectivity index (χ1) is 15.9. The maximum Gasteiger partial charge on any atom is 0.126 e. The Balaban J connectivity index is 1.60. The maximum absolute atomic E-state index is 5.73. The first-order valence-corrected chi connectivity index (χ1v) is 13.0. The Bertz CT molecular complexity index is 1130. The average Bonchev–Trinajstić information content (AvgIpc) is 2.81. The third-order valence-electron chi connectivity index (χ3n) is 6.19. The molecule has 0 spiro atoms. The van der Waals surface area contributed by atoms with Crippen LogP contribution in [0.4, 0.5) is 5.69 Å². The number of aryl methyl sites for hydroxylation is 1. The van der Waals surface area contributed by atoms with Crippen molar-refractivity contribution < 1.29 is 4.74 Å². The monoisotopic (exact) mass is 457 g/mol. The van der Waals surface area contributed by atoms with E-state index >= 15 is 0 Å². The van der Waals surface area contributed by atoms with Crippen LogP contribution in [-0.4, -0.2) is 24.2 Å². The van der Waals surface area contributed by atoms with Crippen molar-refractivity contribution >= 4 is 23.0 Å². The van der Waals surface area contributed by atoms with Gasteiger partial charge in [-0.25, -0.2) is 0 Å². The highest BCUT2D eigenvalue weighted by Crippen LogP contribution is 2.40. The van der Waals surface area contributed by atoms with E-state index in [0.29, 0.717) is 5.92 Å². The number of hydrogen-bond donors (Lipinski definition) is 1. The Morgan fingerprint density at radius 1 is 0.939 bits per heavy atom. The van der Waals surface area contributed by atoms with Crippen LogP contribution in [0.25, 0.3) is 16.7 Å². The van der Waals surface area contributed by atoms with Crippen LogP contribution >= 0.6 is 11.8 Å². The van der Waals surface area contributed by atoms with Crippen LogP contribution in [-0.2, 0) is 6.42 Å². The zero-order valence-corrected chi connectivity index (χ0v) is 21.3. The molecule has 1 aliphatic rings. The molecule has 1 aliphatic heterocycles. The van der Waals surface area contributed by atoms with Gasteiger partial charge in [0.05, 0.1) is 12.6 Å². The van der Waals surface area contributed by atoms with Gasteiger partial charge >= 0.3 is 0 Å². The minimum Gasteiger partial charge on any atom is -0.496 e. The Morgan fingerprint density at radius 3 is 2.45 bits per heavy atom. The van der Waals surface area contributed by atoms with E-state index in [0.717, 1.165) is 29.2 Å². The molecule has 0 bridgehead atoms. The summed E-state index contributed by atoms with van der Waals surface area (Å²) in [4.78, 5) is 0. The topological polar surface area (TPSA) is 21.3 Å². The molecule has 33 heavy (non-hydrogen) atoms. The van der Waals surface area contributed by atoms with Gasteiger partial charge in [-0.1, -0.05) is 62.4 Å².